The summed E-state index contributed by atoms with van der Waals surface area (Å²) in [5.74, 6) is 0. The van der Waals surface area contributed by atoms with Crippen LogP contribution in [0.4, 0.5) is 0 Å². The van der Waals surface area contributed by atoms with Gasteiger partial charge in [-0.25, -0.2) is 8.42 Å². The van der Waals surface area contributed by atoms with Gasteiger partial charge in [0.2, 0.25) is 0 Å². The first kappa shape index (κ1) is 16.4. The highest BCUT2D eigenvalue weighted by Crippen LogP contribution is 2.26. The van der Waals surface area contributed by atoms with Gasteiger partial charge >= 0.3 is 0 Å². The largest absolute Gasteiger partial charge is 0.386 e. The Hall–Kier alpha value is -0.950. The molecule has 0 spiro atoms. The fraction of sp³-hybridized carbons (Fsp3) is 0.600. The van der Waals surface area contributed by atoms with E-state index in [1.807, 2.05) is 13.8 Å². The Balaban J connectivity index is 1.99. The molecular formula is C15H23NO4S. The molecule has 0 saturated carbocycles. The van der Waals surface area contributed by atoms with Gasteiger partial charge in [0.15, 0.2) is 9.84 Å². The lowest BCUT2D eigenvalue weighted by Gasteiger charge is -2.28. The minimum Gasteiger partial charge on any atom is -0.386 e. The SMILES string of the molecule is CC(NCC1(O)CCOC1C)c1ccc(S(C)(=O)=O)cc1. The summed E-state index contributed by atoms with van der Waals surface area (Å²) in [7, 11) is -3.16. The predicted molar refractivity (Wildman–Crippen MR) is 81.0 cm³/mol. The van der Waals surface area contributed by atoms with Crippen LogP contribution in [-0.2, 0) is 14.6 Å². The lowest BCUT2D eigenvalue weighted by Crippen LogP contribution is -2.46. The van der Waals surface area contributed by atoms with Crippen molar-refractivity contribution >= 4 is 9.84 Å². The van der Waals surface area contributed by atoms with Crippen LogP contribution in [0.15, 0.2) is 29.2 Å². The number of ether oxygens (including phenoxy) is 1. The molecule has 1 aromatic rings. The smallest absolute Gasteiger partial charge is 0.175 e. The molecule has 6 heteroatoms. The van der Waals surface area contributed by atoms with Crippen LogP contribution in [-0.4, -0.2) is 44.6 Å². The Morgan fingerprint density at radius 1 is 1.43 bits per heavy atom. The van der Waals surface area contributed by atoms with Crippen LogP contribution >= 0.6 is 0 Å². The number of hydrogen-bond acceptors (Lipinski definition) is 5. The molecule has 1 heterocycles. The summed E-state index contributed by atoms with van der Waals surface area (Å²) in [6, 6.07) is 6.84. The van der Waals surface area contributed by atoms with Crippen LogP contribution < -0.4 is 5.32 Å². The molecule has 3 atom stereocenters. The van der Waals surface area contributed by atoms with Gasteiger partial charge in [-0.05, 0) is 31.5 Å². The van der Waals surface area contributed by atoms with Crippen molar-refractivity contribution in [3.63, 3.8) is 0 Å². The van der Waals surface area contributed by atoms with Gasteiger partial charge in [-0.1, -0.05) is 12.1 Å². The number of hydrogen-bond donors (Lipinski definition) is 2. The molecule has 5 nitrogen and oxygen atoms in total. The van der Waals surface area contributed by atoms with Crippen molar-refractivity contribution in [1.82, 2.24) is 5.32 Å². The summed E-state index contributed by atoms with van der Waals surface area (Å²) >= 11 is 0. The molecule has 3 unspecified atom stereocenters. The van der Waals surface area contributed by atoms with Gasteiger partial charge < -0.3 is 15.2 Å². The highest BCUT2D eigenvalue weighted by molar-refractivity contribution is 7.90. The van der Waals surface area contributed by atoms with Crippen LogP contribution in [0.5, 0.6) is 0 Å². The second-order valence-corrected chi connectivity index (χ2v) is 7.83. The second-order valence-electron chi connectivity index (χ2n) is 5.81. The third-order valence-electron chi connectivity index (χ3n) is 4.18. The third kappa shape index (κ3) is 3.83. The zero-order valence-electron chi connectivity index (χ0n) is 12.7. The van der Waals surface area contributed by atoms with Gasteiger partial charge in [-0.2, -0.15) is 0 Å². The number of benzene rings is 1. The van der Waals surface area contributed by atoms with Crippen LogP contribution in [0, 0.1) is 0 Å². The van der Waals surface area contributed by atoms with E-state index in [-0.39, 0.29) is 12.1 Å². The number of aliphatic hydroxyl groups is 1. The van der Waals surface area contributed by atoms with E-state index in [2.05, 4.69) is 5.32 Å². The average molecular weight is 313 g/mol. The normalized spacial score (nSPS) is 27.7. The fourth-order valence-electron chi connectivity index (χ4n) is 2.45. The quantitative estimate of drug-likeness (QED) is 0.856. The fourth-order valence-corrected chi connectivity index (χ4v) is 3.08. The highest BCUT2D eigenvalue weighted by atomic mass is 32.2. The molecule has 0 aromatic heterocycles. The Labute approximate surface area is 126 Å². The van der Waals surface area contributed by atoms with Crippen molar-refractivity contribution in [3.8, 4) is 0 Å². The predicted octanol–water partition coefficient (Wildman–Crippen LogP) is 1.28. The maximum absolute atomic E-state index is 11.4. The molecule has 2 rings (SSSR count). The molecule has 1 fully saturated rings. The zero-order valence-corrected chi connectivity index (χ0v) is 13.5. The second kappa shape index (κ2) is 6.04. The molecule has 0 radical (unpaired) electrons. The maximum atomic E-state index is 11.4. The number of nitrogens with one attached hydrogen (secondary N) is 1. The van der Waals surface area contributed by atoms with Crippen molar-refractivity contribution in [2.75, 3.05) is 19.4 Å². The van der Waals surface area contributed by atoms with Crippen LogP contribution in [0.1, 0.15) is 31.9 Å². The molecule has 1 saturated heterocycles. The molecule has 2 N–H and O–H groups in total. The van der Waals surface area contributed by atoms with Gasteiger partial charge in [0.05, 0.1) is 11.0 Å². The van der Waals surface area contributed by atoms with Crippen LogP contribution in [0.3, 0.4) is 0 Å². The molecule has 0 aliphatic carbocycles. The molecule has 1 aliphatic rings. The molecular weight excluding hydrogens is 290 g/mol. The zero-order chi connectivity index (χ0) is 15.7. The van der Waals surface area contributed by atoms with E-state index in [0.717, 1.165) is 5.56 Å². The van der Waals surface area contributed by atoms with Crippen LogP contribution in [0.25, 0.3) is 0 Å². The molecule has 0 amide bonds. The van der Waals surface area contributed by atoms with Gasteiger partial charge in [0.1, 0.15) is 5.60 Å². The summed E-state index contributed by atoms with van der Waals surface area (Å²) in [4.78, 5) is 0.315. The van der Waals surface area contributed by atoms with Crippen molar-refractivity contribution < 1.29 is 18.3 Å². The van der Waals surface area contributed by atoms with Crippen molar-refractivity contribution in [3.05, 3.63) is 29.8 Å². The minimum absolute atomic E-state index is 0.0236. The lowest BCUT2D eigenvalue weighted by molar-refractivity contribution is -0.0274. The molecule has 1 aromatic carbocycles. The molecule has 1 aliphatic heterocycles. The summed E-state index contributed by atoms with van der Waals surface area (Å²) < 4.78 is 28.3. The lowest BCUT2D eigenvalue weighted by atomic mass is 9.96. The third-order valence-corrected chi connectivity index (χ3v) is 5.31. The van der Waals surface area contributed by atoms with Gasteiger partial charge in [-0.3, -0.25) is 0 Å². The van der Waals surface area contributed by atoms with E-state index < -0.39 is 15.4 Å². The highest BCUT2D eigenvalue weighted by Gasteiger charge is 2.39. The van der Waals surface area contributed by atoms with E-state index >= 15 is 0 Å². The Bertz CT molecular complexity index is 584. The topological polar surface area (TPSA) is 75.6 Å². The number of rotatable bonds is 5. The first-order valence-electron chi connectivity index (χ1n) is 7.10. The summed E-state index contributed by atoms with van der Waals surface area (Å²) in [5, 5.41) is 13.7. The molecule has 21 heavy (non-hydrogen) atoms. The van der Waals surface area contributed by atoms with Gasteiger partial charge in [0, 0.05) is 31.9 Å². The van der Waals surface area contributed by atoms with Crippen molar-refractivity contribution in [2.45, 2.75) is 42.9 Å². The van der Waals surface area contributed by atoms with Crippen LogP contribution in [0.2, 0.25) is 0 Å². The minimum atomic E-state index is -3.16. The van der Waals surface area contributed by atoms with Gasteiger partial charge in [-0.15, -0.1) is 0 Å². The van der Waals surface area contributed by atoms with E-state index in [0.29, 0.717) is 24.5 Å². The molecule has 0 bridgehead atoms. The maximum Gasteiger partial charge on any atom is 0.175 e. The van der Waals surface area contributed by atoms with Crippen molar-refractivity contribution in [1.29, 1.82) is 0 Å². The van der Waals surface area contributed by atoms with Gasteiger partial charge in [0.25, 0.3) is 0 Å². The monoisotopic (exact) mass is 313 g/mol. The first-order chi connectivity index (χ1) is 9.72. The van der Waals surface area contributed by atoms with E-state index in [4.69, 9.17) is 4.74 Å². The summed E-state index contributed by atoms with van der Waals surface area (Å²) in [5.41, 5.74) is 0.151. The average Bonchev–Trinajstić information content (AvgIpc) is 2.76. The van der Waals surface area contributed by atoms with E-state index in [9.17, 15) is 13.5 Å². The van der Waals surface area contributed by atoms with E-state index in [1.54, 1.807) is 24.3 Å². The Kier molecular flexibility index (Phi) is 4.72. The first-order valence-corrected chi connectivity index (χ1v) is 8.99. The Morgan fingerprint density at radius 3 is 2.52 bits per heavy atom. The number of sulfone groups is 1. The Morgan fingerprint density at radius 2 is 2.05 bits per heavy atom. The van der Waals surface area contributed by atoms with Crippen molar-refractivity contribution in [2.24, 2.45) is 0 Å². The van der Waals surface area contributed by atoms with E-state index in [1.165, 1.54) is 6.26 Å². The molecule has 118 valence electrons. The summed E-state index contributed by atoms with van der Waals surface area (Å²) in [6.45, 7) is 4.89. The summed E-state index contributed by atoms with van der Waals surface area (Å²) in [6.07, 6.45) is 1.64. The standard InChI is InChI=1S/C15H23NO4S/c1-11(16-10-15(17)8-9-20-12(15)2)13-4-6-14(7-5-13)21(3,18)19/h4-7,11-12,16-17H,8-10H2,1-3H3.